The summed E-state index contributed by atoms with van der Waals surface area (Å²) in [5.74, 6) is 1.41. The lowest BCUT2D eigenvalue weighted by molar-refractivity contribution is -0.129. The van der Waals surface area contributed by atoms with E-state index in [4.69, 9.17) is 4.42 Å². The summed E-state index contributed by atoms with van der Waals surface area (Å²) in [5.41, 5.74) is 2.36. The molecule has 3 rings (SSSR count). The fraction of sp³-hybridized carbons (Fsp3) is 0.381. The second kappa shape index (κ2) is 7.08. The standard InChI is InChI=1S/C21H25NO2/c1-15(2)18-9-6-17(7-10-18)8-13-21(23)22(19-11-12-19)16(3)20-5-4-14-24-20/h4-10,13-16,19H,11-12H2,1-3H3. The zero-order chi connectivity index (χ0) is 17.1. The van der Waals surface area contributed by atoms with Crippen molar-refractivity contribution in [2.24, 2.45) is 0 Å². The summed E-state index contributed by atoms with van der Waals surface area (Å²) in [6, 6.07) is 12.5. The third kappa shape index (κ3) is 3.78. The minimum absolute atomic E-state index is 0.0343. The van der Waals surface area contributed by atoms with Gasteiger partial charge in [-0.2, -0.15) is 0 Å². The largest absolute Gasteiger partial charge is 0.467 e. The fourth-order valence-corrected chi connectivity index (χ4v) is 2.95. The normalized spacial score (nSPS) is 15.8. The maximum absolute atomic E-state index is 12.7. The lowest BCUT2D eigenvalue weighted by Crippen LogP contribution is -2.34. The minimum atomic E-state index is -0.0343. The fourth-order valence-electron chi connectivity index (χ4n) is 2.95. The molecule has 1 aliphatic carbocycles. The molecule has 0 N–H and O–H groups in total. The van der Waals surface area contributed by atoms with Gasteiger partial charge in [-0.1, -0.05) is 38.1 Å². The van der Waals surface area contributed by atoms with Crippen LogP contribution in [-0.2, 0) is 4.79 Å². The summed E-state index contributed by atoms with van der Waals surface area (Å²) in [4.78, 5) is 14.6. The average molecular weight is 323 g/mol. The first-order valence-electron chi connectivity index (χ1n) is 8.70. The van der Waals surface area contributed by atoms with Crippen molar-refractivity contribution >= 4 is 12.0 Å². The lowest BCUT2D eigenvalue weighted by atomic mass is 10.0. The number of hydrogen-bond acceptors (Lipinski definition) is 2. The monoisotopic (exact) mass is 323 g/mol. The Balaban J connectivity index is 1.71. The van der Waals surface area contributed by atoms with Gasteiger partial charge in [0.05, 0.1) is 12.3 Å². The molecule has 0 saturated heterocycles. The van der Waals surface area contributed by atoms with Crippen molar-refractivity contribution in [1.29, 1.82) is 0 Å². The van der Waals surface area contributed by atoms with Crippen molar-refractivity contribution < 1.29 is 9.21 Å². The first-order chi connectivity index (χ1) is 11.6. The van der Waals surface area contributed by atoms with Crippen molar-refractivity contribution in [1.82, 2.24) is 4.90 Å². The van der Waals surface area contributed by atoms with Gasteiger partial charge in [0.1, 0.15) is 5.76 Å². The Labute approximate surface area is 144 Å². The summed E-state index contributed by atoms with van der Waals surface area (Å²) in [6.45, 7) is 6.39. The van der Waals surface area contributed by atoms with Crippen LogP contribution in [0.3, 0.4) is 0 Å². The van der Waals surface area contributed by atoms with E-state index in [2.05, 4.69) is 38.1 Å². The van der Waals surface area contributed by atoms with Crippen molar-refractivity contribution in [2.45, 2.75) is 51.6 Å². The van der Waals surface area contributed by atoms with E-state index >= 15 is 0 Å². The second-order valence-electron chi connectivity index (χ2n) is 6.82. The highest BCUT2D eigenvalue weighted by Gasteiger charge is 2.36. The van der Waals surface area contributed by atoms with Crippen molar-refractivity contribution in [3.05, 3.63) is 65.6 Å². The molecule has 1 fully saturated rings. The van der Waals surface area contributed by atoms with Crippen LogP contribution in [0.5, 0.6) is 0 Å². The van der Waals surface area contributed by atoms with Gasteiger partial charge in [0.25, 0.3) is 0 Å². The molecule has 3 nitrogen and oxygen atoms in total. The Morgan fingerprint density at radius 2 is 1.88 bits per heavy atom. The molecule has 0 radical (unpaired) electrons. The van der Waals surface area contributed by atoms with Gasteiger partial charge < -0.3 is 9.32 Å². The van der Waals surface area contributed by atoms with Gasteiger partial charge in [0.2, 0.25) is 5.91 Å². The van der Waals surface area contributed by atoms with Crippen LogP contribution in [0.4, 0.5) is 0 Å². The van der Waals surface area contributed by atoms with Gasteiger partial charge in [-0.25, -0.2) is 0 Å². The molecule has 1 aliphatic rings. The first-order valence-corrected chi connectivity index (χ1v) is 8.70. The van der Waals surface area contributed by atoms with Gasteiger partial charge in [0.15, 0.2) is 0 Å². The van der Waals surface area contributed by atoms with Gasteiger partial charge in [-0.05, 0) is 55.0 Å². The summed E-state index contributed by atoms with van der Waals surface area (Å²) in [7, 11) is 0. The van der Waals surface area contributed by atoms with Crippen LogP contribution in [0.2, 0.25) is 0 Å². The van der Waals surface area contributed by atoms with Crippen LogP contribution in [0.15, 0.2) is 53.2 Å². The Morgan fingerprint density at radius 1 is 1.17 bits per heavy atom. The smallest absolute Gasteiger partial charge is 0.247 e. The number of amides is 1. The van der Waals surface area contributed by atoms with Gasteiger partial charge in [-0.15, -0.1) is 0 Å². The van der Waals surface area contributed by atoms with E-state index < -0.39 is 0 Å². The topological polar surface area (TPSA) is 33.5 Å². The third-order valence-corrected chi connectivity index (χ3v) is 4.59. The number of rotatable bonds is 6. The highest BCUT2D eigenvalue weighted by atomic mass is 16.3. The van der Waals surface area contributed by atoms with Gasteiger partial charge in [-0.3, -0.25) is 4.79 Å². The summed E-state index contributed by atoms with van der Waals surface area (Å²) in [5, 5.41) is 0. The summed E-state index contributed by atoms with van der Waals surface area (Å²) >= 11 is 0. The summed E-state index contributed by atoms with van der Waals surface area (Å²) in [6.07, 6.45) is 7.40. The lowest BCUT2D eigenvalue weighted by Gasteiger charge is -2.26. The Hall–Kier alpha value is -2.29. The number of furan rings is 1. The molecule has 0 bridgehead atoms. The van der Waals surface area contributed by atoms with Gasteiger partial charge in [0, 0.05) is 12.1 Å². The van der Waals surface area contributed by atoms with E-state index in [-0.39, 0.29) is 11.9 Å². The molecule has 24 heavy (non-hydrogen) atoms. The first kappa shape index (κ1) is 16.6. The molecule has 1 heterocycles. The zero-order valence-electron chi connectivity index (χ0n) is 14.6. The molecule has 1 aromatic carbocycles. The van der Waals surface area contributed by atoms with Crippen LogP contribution < -0.4 is 0 Å². The molecular weight excluding hydrogens is 298 g/mol. The Bertz CT molecular complexity index is 694. The van der Waals surface area contributed by atoms with Crippen molar-refractivity contribution in [3.8, 4) is 0 Å². The Kier molecular flexibility index (Phi) is 4.89. The molecule has 1 amide bonds. The maximum atomic E-state index is 12.7. The van der Waals surface area contributed by atoms with E-state index in [1.165, 1.54) is 5.56 Å². The summed E-state index contributed by atoms with van der Waals surface area (Å²) < 4.78 is 5.48. The number of carbonyl (C=O) groups excluding carboxylic acids is 1. The molecule has 1 unspecified atom stereocenters. The van der Waals surface area contributed by atoms with E-state index in [1.54, 1.807) is 12.3 Å². The molecule has 1 atom stereocenters. The van der Waals surface area contributed by atoms with E-state index in [9.17, 15) is 4.79 Å². The molecule has 0 aliphatic heterocycles. The quantitative estimate of drug-likeness (QED) is 0.687. The minimum Gasteiger partial charge on any atom is -0.467 e. The third-order valence-electron chi connectivity index (χ3n) is 4.59. The number of benzene rings is 1. The molecule has 0 spiro atoms. The SMILES string of the molecule is CC(C)c1ccc(C=CC(=O)N(C2CC2)C(C)c2ccco2)cc1. The van der Waals surface area contributed by atoms with Crippen LogP contribution in [0.1, 0.15) is 62.5 Å². The van der Waals surface area contributed by atoms with Crippen LogP contribution in [-0.4, -0.2) is 16.8 Å². The predicted octanol–water partition coefficient (Wildman–Crippen LogP) is 5.17. The number of nitrogens with zero attached hydrogens (tertiary/aromatic N) is 1. The highest BCUT2D eigenvalue weighted by molar-refractivity contribution is 5.92. The van der Waals surface area contributed by atoms with Crippen molar-refractivity contribution in [3.63, 3.8) is 0 Å². The maximum Gasteiger partial charge on any atom is 0.247 e. The highest BCUT2D eigenvalue weighted by Crippen LogP contribution is 2.34. The van der Waals surface area contributed by atoms with Crippen LogP contribution in [0.25, 0.3) is 6.08 Å². The van der Waals surface area contributed by atoms with E-state index in [0.717, 1.165) is 24.2 Å². The molecule has 2 aromatic rings. The molecule has 1 saturated carbocycles. The van der Waals surface area contributed by atoms with Crippen molar-refractivity contribution in [2.75, 3.05) is 0 Å². The molecule has 126 valence electrons. The van der Waals surface area contributed by atoms with Gasteiger partial charge >= 0.3 is 0 Å². The molecule has 1 aromatic heterocycles. The van der Waals surface area contributed by atoms with E-state index in [0.29, 0.717) is 12.0 Å². The predicted molar refractivity (Wildman–Crippen MR) is 96.6 cm³/mol. The second-order valence-corrected chi connectivity index (χ2v) is 6.82. The number of hydrogen-bond donors (Lipinski definition) is 0. The average Bonchev–Trinajstić information content (AvgIpc) is 3.25. The van der Waals surface area contributed by atoms with E-state index in [1.807, 2.05) is 30.0 Å². The Morgan fingerprint density at radius 3 is 2.42 bits per heavy atom. The molecular formula is C21H25NO2. The van der Waals surface area contributed by atoms with Crippen LogP contribution >= 0.6 is 0 Å². The van der Waals surface area contributed by atoms with Crippen LogP contribution in [0, 0.1) is 0 Å². The number of carbonyl (C=O) groups is 1. The molecule has 3 heteroatoms. The zero-order valence-corrected chi connectivity index (χ0v) is 14.6.